The maximum Gasteiger partial charge on any atom is 0.250 e. The molecule has 2 aromatic carbocycles. The zero-order valence-electron chi connectivity index (χ0n) is 16.4. The molecule has 0 saturated carbocycles. The van der Waals surface area contributed by atoms with Gasteiger partial charge in [-0.3, -0.25) is 0 Å². The molecule has 30 heavy (non-hydrogen) atoms. The summed E-state index contributed by atoms with van der Waals surface area (Å²) in [5, 5.41) is 20.5. The van der Waals surface area contributed by atoms with Crippen LogP contribution in [-0.2, 0) is 0 Å². The SMILES string of the molecule is Cc1ccc(Nc2nc(NCCO)nc(N/N=C/c3c[nH]c4ccccc34)n2)cc1. The highest BCUT2D eigenvalue weighted by molar-refractivity contribution is 5.99. The number of aliphatic hydroxyl groups is 1. The third-order valence-electron chi connectivity index (χ3n) is 4.33. The number of H-pyrrole nitrogens is 1. The molecule has 0 fully saturated rings. The first kappa shape index (κ1) is 19.3. The second kappa shape index (κ2) is 9.01. The predicted octanol–water partition coefficient (Wildman–Crippen LogP) is 3.26. The summed E-state index contributed by atoms with van der Waals surface area (Å²) in [6.45, 7) is 2.32. The molecule has 9 heteroatoms. The van der Waals surface area contributed by atoms with Gasteiger partial charge in [0, 0.05) is 34.9 Å². The minimum atomic E-state index is -0.0338. The van der Waals surface area contributed by atoms with Gasteiger partial charge in [-0.15, -0.1) is 0 Å². The quantitative estimate of drug-likeness (QED) is 0.226. The molecule has 5 N–H and O–H groups in total. The molecule has 0 bridgehead atoms. The smallest absolute Gasteiger partial charge is 0.250 e. The standard InChI is InChI=1S/C21H22N8O/c1-14-6-8-16(9-7-14)25-20-26-19(22-10-11-30)27-21(28-20)29-24-13-15-12-23-18-5-3-2-4-17(15)18/h2-9,12-13,23,30H,10-11H2,1H3,(H3,22,25,26,27,28,29)/b24-13+. The highest BCUT2D eigenvalue weighted by atomic mass is 16.3. The average molecular weight is 402 g/mol. The van der Waals surface area contributed by atoms with Gasteiger partial charge in [0.05, 0.1) is 12.8 Å². The Bertz CT molecular complexity index is 1150. The maximum absolute atomic E-state index is 9.07. The van der Waals surface area contributed by atoms with E-state index in [0.717, 1.165) is 27.7 Å². The molecular weight excluding hydrogens is 380 g/mol. The molecule has 0 aliphatic rings. The van der Waals surface area contributed by atoms with Crippen molar-refractivity contribution in [3.05, 3.63) is 65.9 Å². The van der Waals surface area contributed by atoms with Gasteiger partial charge in [-0.05, 0) is 25.1 Å². The van der Waals surface area contributed by atoms with Crippen LogP contribution < -0.4 is 16.1 Å². The second-order valence-electron chi connectivity index (χ2n) is 6.61. The Kier molecular flexibility index (Phi) is 5.81. The first-order valence-electron chi connectivity index (χ1n) is 9.51. The average Bonchev–Trinajstić information content (AvgIpc) is 3.17. The van der Waals surface area contributed by atoms with Gasteiger partial charge in [0.1, 0.15) is 0 Å². The Morgan fingerprint density at radius 3 is 2.60 bits per heavy atom. The third-order valence-corrected chi connectivity index (χ3v) is 4.33. The number of hydrazone groups is 1. The van der Waals surface area contributed by atoms with Crippen molar-refractivity contribution in [3.8, 4) is 0 Å². The van der Waals surface area contributed by atoms with E-state index in [1.165, 1.54) is 0 Å². The van der Waals surface area contributed by atoms with Crippen LogP contribution in [0.3, 0.4) is 0 Å². The number of para-hydroxylation sites is 1. The summed E-state index contributed by atoms with van der Waals surface area (Å²) in [5.41, 5.74) is 6.86. The maximum atomic E-state index is 9.07. The first-order chi connectivity index (χ1) is 14.7. The highest BCUT2D eigenvalue weighted by Crippen LogP contribution is 2.17. The molecule has 4 rings (SSSR count). The zero-order chi connectivity index (χ0) is 20.8. The molecule has 9 nitrogen and oxygen atoms in total. The number of hydrogen-bond donors (Lipinski definition) is 5. The van der Waals surface area contributed by atoms with E-state index in [9.17, 15) is 0 Å². The van der Waals surface area contributed by atoms with Crippen LogP contribution in [0.15, 0.2) is 59.8 Å². The predicted molar refractivity (Wildman–Crippen MR) is 119 cm³/mol. The molecule has 0 amide bonds. The lowest BCUT2D eigenvalue weighted by Gasteiger charge is -2.09. The largest absolute Gasteiger partial charge is 0.395 e. The lowest BCUT2D eigenvalue weighted by atomic mass is 10.2. The normalized spacial score (nSPS) is 11.1. The number of aliphatic hydroxyl groups excluding tert-OH is 1. The van der Waals surface area contributed by atoms with Crippen LogP contribution in [0.1, 0.15) is 11.1 Å². The van der Waals surface area contributed by atoms with Gasteiger partial charge in [0.15, 0.2) is 0 Å². The number of nitrogens with one attached hydrogen (secondary N) is 4. The first-order valence-corrected chi connectivity index (χ1v) is 9.51. The van der Waals surface area contributed by atoms with Crippen molar-refractivity contribution >= 4 is 40.6 Å². The van der Waals surface area contributed by atoms with Gasteiger partial charge in [-0.1, -0.05) is 35.9 Å². The summed E-state index contributed by atoms with van der Waals surface area (Å²) < 4.78 is 0. The molecule has 0 spiro atoms. The van der Waals surface area contributed by atoms with Crippen molar-refractivity contribution < 1.29 is 5.11 Å². The topological polar surface area (TPSA) is 123 Å². The van der Waals surface area contributed by atoms with Crippen molar-refractivity contribution in [2.24, 2.45) is 5.10 Å². The van der Waals surface area contributed by atoms with Gasteiger partial charge in [0.2, 0.25) is 17.8 Å². The summed E-state index contributed by atoms with van der Waals surface area (Å²) in [7, 11) is 0. The van der Waals surface area contributed by atoms with Crippen molar-refractivity contribution in [3.63, 3.8) is 0 Å². The van der Waals surface area contributed by atoms with E-state index in [2.05, 4.69) is 41.1 Å². The Balaban J connectivity index is 1.54. The van der Waals surface area contributed by atoms with Gasteiger partial charge in [0.25, 0.3) is 0 Å². The molecule has 0 atom stereocenters. The van der Waals surface area contributed by atoms with E-state index in [0.29, 0.717) is 18.4 Å². The number of anilines is 4. The lowest BCUT2D eigenvalue weighted by Crippen LogP contribution is -2.12. The van der Waals surface area contributed by atoms with Crippen LogP contribution in [0, 0.1) is 6.92 Å². The number of aryl methyl sites for hydroxylation is 1. The third kappa shape index (κ3) is 4.70. The Morgan fingerprint density at radius 1 is 1.00 bits per heavy atom. The van der Waals surface area contributed by atoms with Crippen LogP contribution >= 0.6 is 0 Å². The zero-order valence-corrected chi connectivity index (χ0v) is 16.4. The molecule has 152 valence electrons. The second-order valence-corrected chi connectivity index (χ2v) is 6.61. The summed E-state index contributed by atoms with van der Waals surface area (Å²) in [5.74, 6) is 0.966. The van der Waals surface area contributed by atoms with E-state index >= 15 is 0 Å². The molecule has 0 aliphatic carbocycles. The fourth-order valence-electron chi connectivity index (χ4n) is 2.85. The molecule has 0 radical (unpaired) electrons. The number of aromatic amines is 1. The molecule has 0 saturated heterocycles. The Hall–Kier alpha value is -3.98. The summed E-state index contributed by atoms with van der Waals surface area (Å²) in [6, 6.07) is 15.9. The minimum absolute atomic E-state index is 0.0338. The van der Waals surface area contributed by atoms with E-state index in [1.54, 1.807) is 6.21 Å². The van der Waals surface area contributed by atoms with Crippen molar-refractivity contribution in [1.82, 2.24) is 19.9 Å². The van der Waals surface area contributed by atoms with Crippen LogP contribution in [0.2, 0.25) is 0 Å². The molecule has 2 heterocycles. The van der Waals surface area contributed by atoms with E-state index in [-0.39, 0.29) is 12.6 Å². The van der Waals surface area contributed by atoms with E-state index in [1.807, 2.05) is 61.7 Å². The van der Waals surface area contributed by atoms with Crippen LogP contribution in [0.25, 0.3) is 10.9 Å². The van der Waals surface area contributed by atoms with Gasteiger partial charge in [-0.2, -0.15) is 20.1 Å². The Labute approximate surface area is 173 Å². The summed E-state index contributed by atoms with van der Waals surface area (Å²) in [4.78, 5) is 16.2. The van der Waals surface area contributed by atoms with Crippen LogP contribution in [0.5, 0.6) is 0 Å². The fourth-order valence-corrected chi connectivity index (χ4v) is 2.85. The van der Waals surface area contributed by atoms with Gasteiger partial charge < -0.3 is 20.7 Å². The number of nitrogens with zero attached hydrogens (tertiary/aromatic N) is 4. The molecule has 0 unspecified atom stereocenters. The molecule has 4 aromatic rings. The van der Waals surface area contributed by atoms with Crippen molar-refractivity contribution in [1.29, 1.82) is 0 Å². The van der Waals surface area contributed by atoms with Gasteiger partial charge >= 0.3 is 0 Å². The van der Waals surface area contributed by atoms with Crippen LogP contribution in [-0.4, -0.2) is 44.4 Å². The molecule has 2 aromatic heterocycles. The number of fused-ring (bicyclic) bond motifs is 1. The molecule has 0 aliphatic heterocycles. The van der Waals surface area contributed by atoms with E-state index < -0.39 is 0 Å². The number of aromatic nitrogens is 4. The summed E-state index contributed by atoms with van der Waals surface area (Å²) in [6.07, 6.45) is 3.60. The number of benzene rings is 2. The monoisotopic (exact) mass is 402 g/mol. The summed E-state index contributed by atoms with van der Waals surface area (Å²) >= 11 is 0. The fraction of sp³-hybridized carbons (Fsp3) is 0.143. The van der Waals surface area contributed by atoms with Crippen LogP contribution in [0.4, 0.5) is 23.5 Å². The van der Waals surface area contributed by atoms with Crippen molar-refractivity contribution in [2.75, 3.05) is 29.2 Å². The lowest BCUT2D eigenvalue weighted by molar-refractivity contribution is 0.311. The number of hydrogen-bond acceptors (Lipinski definition) is 8. The number of rotatable bonds is 8. The van der Waals surface area contributed by atoms with Crippen molar-refractivity contribution in [2.45, 2.75) is 6.92 Å². The van der Waals surface area contributed by atoms with Gasteiger partial charge in [-0.25, -0.2) is 5.43 Å². The minimum Gasteiger partial charge on any atom is -0.395 e. The van der Waals surface area contributed by atoms with E-state index in [4.69, 9.17) is 5.11 Å². The highest BCUT2D eigenvalue weighted by Gasteiger charge is 2.07. The Morgan fingerprint density at radius 2 is 1.77 bits per heavy atom. The molecular formula is C21H22N8O.